The Bertz CT molecular complexity index is 592. The largest absolute Gasteiger partial charge is 0.465 e. The van der Waals surface area contributed by atoms with Crippen molar-refractivity contribution < 1.29 is 23.9 Å². The van der Waals surface area contributed by atoms with E-state index < -0.39 is 5.97 Å². The predicted octanol–water partition coefficient (Wildman–Crippen LogP) is 2.28. The maximum Gasteiger partial charge on any atom is 0.409 e. The summed E-state index contributed by atoms with van der Waals surface area (Å²) in [5.74, 6) is -0.639. The number of nitrogens with one attached hydrogen (secondary N) is 1. The number of ether oxygens (including phenoxy) is 2. The smallest absolute Gasteiger partial charge is 0.409 e. The van der Waals surface area contributed by atoms with E-state index in [2.05, 4.69) is 10.1 Å². The molecule has 1 heterocycles. The first kappa shape index (κ1) is 17.8. The Morgan fingerprint density at radius 1 is 1.17 bits per heavy atom. The van der Waals surface area contributed by atoms with Gasteiger partial charge in [0.05, 0.1) is 19.3 Å². The Kier molecular flexibility index (Phi) is 6.17. The molecule has 2 amide bonds. The van der Waals surface area contributed by atoms with Crippen molar-refractivity contribution in [2.75, 3.05) is 32.1 Å². The molecule has 1 N–H and O–H groups in total. The van der Waals surface area contributed by atoms with Gasteiger partial charge in [-0.25, -0.2) is 9.59 Å². The molecule has 1 aromatic carbocycles. The van der Waals surface area contributed by atoms with Gasteiger partial charge in [-0.3, -0.25) is 4.79 Å². The number of nitrogens with zero attached hydrogens (tertiary/aromatic N) is 1. The SMILES string of the molecule is CCOC(=O)N1CCC(C(=O)Nc2ccc(C(=O)OC)cc2)CC1. The average molecular weight is 334 g/mol. The molecule has 24 heavy (non-hydrogen) atoms. The maximum atomic E-state index is 12.3. The van der Waals surface area contributed by atoms with Crippen LogP contribution in [0.1, 0.15) is 30.1 Å². The third kappa shape index (κ3) is 4.47. The number of benzene rings is 1. The summed E-state index contributed by atoms with van der Waals surface area (Å²) >= 11 is 0. The summed E-state index contributed by atoms with van der Waals surface area (Å²) in [6.07, 6.45) is 0.880. The molecular weight excluding hydrogens is 312 g/mol. The van der Waals surface area contributed by atoms with Crippen LogP contribution < -0.4 is 5.32 Å². The van der Waals surface area contributed by atoms with E-state index in [-0.39, 0.29) is 17.9 Å². The van der Waals surface area contributed by atoms with Crippen molar-refractivity contribution in [1.82, 2.24) is 4.90 Å². The van der Waals surface area contributed by atoms with Crippen molar-refractivity contribution in [3.05, 3.63) is 29.8 Å². The van der Waals surface area contributed by atoms with Crippen molar-refractivity contribution in [1.29, 1.82) is 0 Å². The number of anilines is 1. The molecule has 7 heteroatoms. The maximum absolute atomic E-state index is 12.3. The number of esters is 1. The first-order valence-electron chi connectivity index (χ1n) is 7.96. The lowest BCUT2D eigenvalue weighted by Crippen LogP contribution is -2.41. The topological polar surface area (TPSA) is 84.9 Å². The molecule has 0 atom stereocenters. The highest BCUT2D eigenvalue weighted by Gasteiger charge is 2.27. The van der Waals surface area contributed by atoms with Gasteiger partial charge in [-0.15, -0.1) is 0 Å². The van der Waals surface area contributed by atoms with Gasteiger partial charge in [-0.05, 0) is 44.0 Å². The number of hydrogen-bond acceptors (Lipinski definition) is 5. The van der Waals surface area contributed by atoms with Crippen LogP contribution in [0.2, 0.25) is 0 Å². The van der Waals surface area contributed by atoms with Gasteiger partial charge in [0.1, 0.15) is 0 Å². The van der Waals surface area contributed by atoms with Gasteiger partial charge < -0.3 is 19.7 Å². The van der Waals surface area contributed by atoms with E-state index in [9.17, 15) is 14.4 Å². The summed E-state index contributed by atoms with van der Waals surface area (Å²) in [6.45, 7) is 3.14. The Morgan fingerprint density at radius 3 is 2.33 bits per heavy atom. The molecule has 130 valence electrons. The Hall–Kier alpha value is -2.57. The van der Waals surface area contributed by atoms with Gasteiger partial charge >= 0.3 is 12.1 Å². The number of rotatable bonds is 4. The average Bonchev–Trinajstić information content (AvgIpc) is 2.62. The second kappa shape index (κ2) is 8.33. The number of piperidine rings is 1. The molecule has 1 aliphatic rings. The molecule has 0 radical (unpaired) electrons. The first-order valence-corrected chi connectivity index (χ1v) is 7.96. The fraction of sp³-hybridized carbons (Fsp3) is 0.471. The highest BCUT2D eigenvalue weighted by atomic mass is 16.6. The Labute approximate surface area is 140 Å². The molecule has 2 rings (SSSR count). The molecule has 0 bridgehead atoms. The number of likely N-dealkylation sites (tertiary alicyclic amines) is 1. The van der Waals surface area contributed by atoms with Crippen LogP contribution in [0, 0.1) is 5.92 Å². The molecule has 7 nitrogen and oxygen atoms in total. The third-order valence-electron chi connectivity index (χ3n) is 3.97. The number of carbonyl (C=O) groups excluding carboxylic acids is 3. The van der Waals surface area contributed by atoms with Crippen molar-refractivity contribution in [2.45, 2.75) is 19.8 Å². The first-order chi connectivity index (χ1) is 11.5. The van der Waals surface area contributed by atoms with Crippen LogP contribution in [0.4, 0.5) is 10.5 Å². The molecule has 1 aromatic rings. The predicted molar refractivity (Wildman–Crippen MR) is 87.7 cm³/mol. The minimum atomic E-state index is -0.417. The fourth-order valence-electron chi connectivity index (χ4n) is 2.59. The van der Waals surface area contributed by atoms with Crippen LogP contribution in [0.3, 0.4) is 0 Å². The van der Waals surface area contributed by atoms with Gasteiger partial charge in [0.25, 0.3) is 0 Å². The summed E-state index contributed by atoms with van der Waals surface area (Å²) in [4.78, 5) is 36.9. The molecule has 1 fully saturated rings. The summed E-state index contributed by atoms with van der Waals surface area (Å²) in [5, 5.41) is 2.84. The van der Waals surface area contributed by atoms with E-state index in [0.717, 1.165) is 0 Å². The zero-order valence-corrected chi connectivity index (χ0v) is 13.9. The van der Waals surface area contributed by atoms with Crippen LogP contribution in [0.5, 0.6) is 0 Å². The van der Waals surface area contributed by atoms with Gasteiger partial charge in [0, 0.05) is 24.7 Å². The van der Waals surface area contributed by atoms with E-state index >= 15 is 0 Å². The molecule has 0 spiro atoms. The lowest BCUT2D eigenvalue weighted by molar-refractivity contribution is -0.121. The fourth-order valence-corrected chi connectivity index (χ4v) is 2.59. The van der Waals surface area contributed by atoms with Gasteiger partial charge in [0.2, 0.25) is 5.91 Å². The summed E-state index contributed by atoms with van der Waals surface area (Å²) in [6, 6.07) is 6.53. The van der Waals surface area contributed by atoms with Crippen molar-refractivity contribution in [3.63, 3.8) is 0 Å². The number of hydrogen-bond donors (Lipinski definition) is 1. The van der Waals surface area contributed by atoms with Crippen molar-refractivity contribution in [2.24, 2.45) is 5.92 Å². The van der Waals surface area contributed by atoms with Crippen molar-refractivity contribution in [3.8, 4) is 0 Å². The summed E-state index contributed by atoms with van der Waals surface area (Å²) in [5.41, 5.74) is 1.05. The Morgan fingerprint density at radius 2 is 1.79 bits per heavy atom. The van der Waals surface area contributed by atoms with E-state index in [1.165, 1.54) is 7.11 Å². The van der Waals surface area contributed by atoms with Gasteiger partial charge in [0.15, 0.2) is 0 Å². The van der Waals surface area contributed by atoms with Gasteiger partial charge in [-0.2, -0.15) is 0 Å². The lowest BCUT2D eigenvalue weighted by atomic mass is 9.96. The van der Waals surface area contributed by atoms with Crippen LogP contribution in [0.25, 0.3) is 0 Å². The minimum Gasteiger partial charge on any atom is -0.465 e. The number of methoxy groups -OCH3 is 1. The van der Waals surface area contributed by atoms with Crippen molar-refractivity contribution >= 4 is 23.7 Å². The normalized spacial score (nSPS) is 14.8. The minimum absolute atomic E-state index is 0.0793. The quantitative estimate of drug-likeness (QED) is 0.854. The van der Waals surface area contributed by atoms with E-state index in [4.69, 9.17) is 4.74 Å². The van der Waals surface area contributed by atoms with Gasteiger partial charge in [-0.1, -0.05) is 0 Å². The highest BCUT2D eigenvalue weighted by Crippen LogP contribution is 2.20. The monoisotopic (exact) mass is 334 g/mol. The van der Waals surface area contributed by atoms with Crippen LogP contribution in [0.15, 0.2) is 24.3 Å². The number of carbonyl (C=O) groups is 3. The molecule has 1 aliphatic heterocycles. The highest BCUT2D eigenvalue weighted by molar-refractivity contribution is 5.94. The van der Waals surface area contributed by atoms with E-state index in [1.807, 2.05) is 0 Å². The Balaban J connectivity index is 1.85. The standard InChI is InChI=1S/C17H22N2O5/c1-3-24-17(22)19-10-8-12(9-11-19)15(20)18-14-6-4-13(5-7-14)16(21)23-2/h4-7,12H,3,8-11H2,1-2H3,(H,18,20). The third-order valence-corrected chi connectivity index (χ3v) is 3.97. The zero-order valence-electron chi connectivity index (χ0n) is 13.9. The lowest BCUT2D eigenvalue weighted by Gasteiger charge is -2.30. The zero-order chi connectivity index (χ0) is 17.5. The van der Waals surface area contributed by atoms with E-state index in [1.54, 1.807) is 36.1 Å². The van der Waals surface area contributed by atoms with E-state index in [0.29, 0.717) is 43.8 Å². The van der Waals surface area contributed by atoms with Crippen LogP contribution >= 0.6 is 0 Å². The molecule has 0 aromatic heterocycles. The van der Waals surface area contributed by atoms with Crippen LogP contribution in [-0.2, 0) is 14.3 Å². The van der Waals surface area contributed by atoms with Crippen LogP contribution in [-0.4, -0.2) is 49.7 Å². The second-order valence-corrected chi connectivity index (χ2v) is 5.52. The molecule has 1 saturated heterocycles. The molecular formula is C17H22N2O5. The summed E-state index contributed by atoms with van der Waals surface area (Å²) in [7, 11) is 1.32. The second-order valence-electron chi connectivity index (χ2n) is 5.52. The molecule has 0 unspecified atom stereocenters. The molecule has 0 saturated carbocycles. The number of amides is 2. The summed E-state index contributed by atoms with van der Waals surface area (Å²) < 4.78 is 9.59. The molecule has 0 aliphatic carbocycles.